The molecule has 190 valence electrons. The van der Waals surface area contributed by atoms with Gasteiger partial charge in [0.1, 0.15) is 11.4 Å². The van der Waals surface area contributed by atoms with Crippen molar-refractivity contribution < 1.29 is 18.8 Å². The minimum Gasteiger partial charge on any atom is -0.497 e. The number of ether oxygens (including phenoxy) is 2. The maximum Gasteiger partial charge on any atom is 0.414 e. The lowest BCUT2D eigenvalue weighted by Crippen LogP contribution is -2.47. The number of hydrogen-bond donors (Lipinski definition) is 1. The Morgan fingerprint density at radius 2 is 2.03 bits per heavy atom. The third-order valence-electron chi connectivity index (χ3n) is 6.55. The van der Waals surface area contributed by atoms with Gasteiger partial charge in [0.05, 0.1) is 28.4 Å². The van der Waals surface area contributed by atoms with Crippen LogP contribution in [0.3, 0.4) is 0 Å². The number of amides is 1. The fourth-order valence-corrected chi connectivity index (χ4v) is 5.54. The molecule has 1 aromatic carbocycles. The molecule has 1 N–H and O–H groups in total. The minimum atomic E-state index is -0.455. The number of fused-ring (bicyclic) bond motifs is 1. The zero-order valence-corrected chi connectivity index (χ0v) is 22.1. The molecule has 0 atom stereocenters. The number of hydrogen-bond acceptors (Lipinski definition) is 7. The van der Waals surface area contributed by atoms with Crippen LogP contribution in [0.1, 0.15) is 32.4 Å². The molecule has 1 saturated heterocycles. The number of benzene rings is 1. The number of aromatic nitrogens is 2. The molecular formula is C26H29ClN4O4S. The summed E-state index contributed by atoms with van der Waals surface area (Å²) >= 11 is 7.50. The molecule has 0 aliphatic carbocycles. The molecule has 36 heavy (non-hydrogen) atoms. The van der Waals surface area contributed by atoms with Gasteiger partial charge in [0.2, 0.25) is 5.88 Å². The Labute approximate surface area is 218 Å². The van der Waals surface area contributed by atoms with Crippen LogP contribution in [-0.4, -0.2) is 53.0 Å². The second kappa shape index (κ2) is 10.5. The molecule has 0 spiro atoms. The van der Waals surface area contributed by atoms with Crippen LogP contribution in [0.5, 0.6) is 11.6 Å². The van der Waals surface area contributed by atoms with Crippen LogP contribution in [-0.2, 0) is 6.54 Å². The number of likely N-dealkylation sites (tertiary alicyclic amines) is 1. The van der Waals surface area contributed by atoms with E-state index in [2.05, 4.69) is 29.2 Å². The third kappa shape index (κ3) is 5.38. The van der Waals surface area contributed by atoms with Crippen LogP contribution >= 0.6 is 22.9 Å². The summed E-state index contributed by atoms with van der Waals surface area (Å²) in [4.78, 5) is 16.2. The molecule has 0 saturated carbocycles. The molecule has 4 heterocycles. The van der Waals surface area contributed by atoms with Crippen molar-refractivity contribution in [2.45, 2.75) is 45.3 Å². The lowest BCUT2D eigenvalue weighted by atomic mass is 10.0. The highest BCUT2D eigenvalue weighted by molar-refractivity contribution is 7.19. The molecule has 0 radical (unpaired) electrons. The average molecular weight is 529 g/mol. The number of nitrogens with zero attached hydrogens (tertiary/aromatic N) is 3. The Morgan fingerprint density at radius 1 is 1.22 bits per heavy atom. The van der Waals surface area contributed by atoms with E-state index in [1.54, 1.807) is 7.11 Å². The first-order chi connectivity index (χ1) is 17.4. The fourth-order valence-electron chi connectivity index (χ4n) is 4.55. The molecular weight excluding hydrogens is 500 g/mol. The molecule has 0 unspecified atom stereocenters. The maximum atomic E-state index is 12.9. The Morgan fingerprint density at radius 3 is 2.72 bits per heavy atom. The van der Waals surface area contributed by atoms with Crippen molar-refractivity contribution in [3.63, 3.8) is 0 Å². The van der Waals surface area contributed by atoms with E-state index >= 15 is 0 Å². The second-order valence-corrected chi connectivity index (χ2v) is 10.9. The molecule has 1 aliphatic heterocycles. The smallest absolute Gasteiger partial charge is 0.414 e. The number of thiophene rings is 1. The van der Waals surface area contributed by atoms with E-state index in [1.807, 2.05) is 47.0 Å². The molecule has 3 aromatic heterocycles. The van der Waals surface area contributed by atoms with E-state index < -0.39 is 6.09 Å². The van der Waals surface area contributed by atoms with E-state index in [9.17, 15) is 4.79 Å². The van der Waals surface area contributed by atoms with Gasteiger partial charge in [-0.2, -0.15) is 0 Å². The standard InChI is InChI=1S/C26H29ClN4O4S/c1-16(2)30-10-8-18(9-11-30)28-26(32)34-25-12-17-4-5-20(33-3)14-21(17)31(25)15-19-13-22(35-29-19)23-6-7-24(27)36-23/h4-7,12-14,16,18H,8-11,15H2,1-3H3,(H,28,32). The number of nitrogens with one attached hydrogen (secondary N) is 1. The molecule has 1 fully saturated rings. The maximum absolute atomic E-state index is 12.9. The monoisotopic (exact) mass is 528 g/mol. The highest BCUT2D eigenvalue weighted by atomic mass is 35.5. The summed E-state index contributed by atoms with van der Waals surface area (Å²) in [6.07, 6.45) is 1.35. The van der Waals surface area contributed by atoms with Crippen LogP contribution < -0.4 is 14.8 Å². The minimum absolute atomic E-state index is 0.0983. The largest absolute Gasteiger partial charge is 0.497 e. The summed E-state index contributed by atoms with van der Waals surface area (Å²) < 4.78 is 19.4. The van der Waals surface area contributed by atoms with Crippen LogP contribution in [0.4, 0.5) is 4.79 Å². The molecule has 0 bridgehead atoms. The zero-order valence-electron chi connectivity index (χ0n) is 20.5. The van der Waals surface area contributed by atoms with Gasteiger partial charge >= 0.3 is 6.09 Å². The van der Waals surface area contributed by atoms with E-state index in [-0.39, 0.29) is 6.04 Å². The molecule has 8 nitrogen and oxygen atoms in total. The SMILES string of the molecule is COc1ccc2cc(OC(=O)NC3CCN(C(C)C)CC3)n(Cc3cc(-c4ccc(Cl)s4)on3)c2c1. The molecule has 10 heteroatoms. The second-order valence-electron chi connectivity index (χ2n) is 9.22. The zero-order chi connectivity index (χ0) is 25.2. The van der Waals surface area contributed by atoms with Gasteiger partial charge in [0.25, 0.3) is 0 Å². The lowest BCUT2D eigenvalue weighted by molar-refractivity contribution is 0.151. The summed E-state index contributed by atoms with van der Waals surface area (Å²) in [6.45, 7) is 6.68. The third-order valence-corrected chi connectivity index (χ3v) is 7.79. The van der Waals surface area contributed by atoms with Gasteiger partial charge in [-0.05, 0) is 51.0 Å². The normalized spacial score (nSPS) is 15.0. The van der Waals surface area contributed by atoms with Crippen LogP contribution in [0.2, 0.25) is 4.34 Å². The molecule has 5 rings (SSSR count). The predicted molar refractivity (Wildman–Crippen MR) is 141 cm³/mol. The van der Waals surface area contributed by atoms with E-state index in [1.165, 1.54) is 11.3 Å². The van der Waals surface area contributed by atoms with Crippen molar-refractivity contribution in [3.8, 4) is 22.3 Å². The van der Waals surface area contributed by atoms with Gasteiger partial charge in [-0.1, -0.05) is 16.8 Å². The van der Waals surface area contributed by atoms with Gasteiger partial charge in [-0.15, -0.1) is 11.3 Å². The number of piperidine rings is 1. The van der Waals surface area contributed by atoms with Crippen molar-refractivity contribution >= 4 is 39.9 Å². The summed E-state index contributed by atoms with van der Waals surface area (Å²) in [6, 6.07) is 13.8. The number of rotatable bonds is 7. The number of carbonyl (C=O) groups excluding carboxylic acids is 1. The molecule has 4 aromatic rings. The predicted octanol–water partition coefficient (Wildman–Crippen LogP) is 6.03. The first-order valence-electron chi connectivity index (χ1n) is 12.0. The molecule has 1 amide bonds. The van der Waals surface area contributed by atoms with Crippen LogP contribution in [0.15, 0.2) is 47.0 Å². The topological polar surface area (TPSA) is 81.8 Å². The average Bonchev–Trinajstić information content (AvgIpc) is 3.58. The first-order valence-corrected chi connectivity index (χ1v) is 13.2. The quantitative estimate of drug-likeness (QED) is 0.315. The van der Waals surface area contributed by atoms with Crippen molar-refractivity contribution in [1.82, 2.24) is 19.9 Å². The van der Waals surface area contributed by atoms with Gasteiger partial charge in [0, 0.05) is 48.8 Å². The summed E-state index contributed by atoms with van der Waals surface area (Å²) in [5, 5.41) is 8.21. The van der Waals surface area contributed by atoms with Gasteiger partial charge < -0.3 is 28.8 Å². The van der Waals surface area contributed by atoms with Crippen molar-refractivity contribution in [3.05, 3.63) is 52.5 Å². The van der Waals surface area contributed by atoms with Gasteiger partial charge in [0.15, 0.2) is 5.76 Å². The molecule has 1 aliphatic rings. The van der Waals surface area contributed by atoms with Crippen LogP contribution in [0.25, 0.3) is 21.5 Å². The van der Waals surface area contributed by atoms with Crippen LogP contribution in [0, 0.1) is 0 Å². The van der Waals surface area contributed by atoms with Crippen molar-refractivity contribution in [1.29, 1.82) is 0 Å². The summed E-state index contributed by atoms with van der Waals surface area (Å²) in [5.74, 6) is 1.78. The van der Waals surface area contributed by atoms with Gasteiger partial charge in [-0.25, -0.2) is 4.79 Å². The Hall–Kier alpha value is -3.01. The van der Waals surface area contributed by atoms with E-state index in [0.717, 1.165) is 41.7 Å². The summed E-state index contributed by atoms with van der Waals surface area (Å²) in [5.41, 5.74) is 1.56. The van der Waals surface area contributed by atoms with E-state index in [0.29, 0.717) is 40.0 Å². The number of methoxy groups -OCH3 is 1. The Bertz CT molecular complexity index is 1350. The van der Waals surface area contributed by atoms with Crippen molar-refractivity contribution in [2.75, 3.05) is 20.2 Å². The fraction of sp³-hybridized carbons (Fsp3) is 0.385. The Balaban J connectivity index is 1.36. The van der Waals surface area contributed by atoms with Crippen molar-refractivity contribution in [2.24, 2.45) is 0 Å². The van der Waals surface area contributed by atoms with E-state index in [4.69, 9.17) is 25.6 Å². The lowest BCUT2D eigenvalue weighted by Gasteiger charge is -2.34. The Kier molecular flexibility index (Phi) is 7.22. The first kappa shape index (κ1) is 24.7. The highest BCUT2D eigenvalue weighted by Crippen LogP contribution is 2.33. The number of carbonyl (C=O) groups is 1. The number of halogens is 1. The highest BCUT2D eigenvalue weighted by Gasteiger charge is 2.24. The summed E-state index contributed by atoms with van der Waals surface area (Å²) in [7, 11) is 1.62. The van der Waals surface area contributed by atoms with Gasteiger partial charge in [-0.3, -0.25) is 0 Å².